The molecule has 0 saturated heterocycles. The van der Waals surface area contributed by atoms with E-state index < -0.39 is 0 Å². The minimum absolute atomic E-state index is 1.09. The molecule has 282 valence electrons. The van der Waals surface area contributed by atoms with Gasteiger partial charge in [0.1, 0.15) is 0 Å². The van der Waals surface area contributed by atoms with Crippen LogP contribution < -0.4 is 9.80 Å². The molecule has 0 aliphatic heterocycles. The van der Waals surface area contributed by atoms with Crippen molar-refractivity contribution in [1.29, 1.82) is 0 Å². The quantitative estimate of drug-likeness (QED) is 0.158. The average molecular weight is 801 g/mol. The second kappa shape index (κ2) is 14.2. The van der Waals surface area contributed by atoms with Crippen molar-refractivity contribution in [1.82, 2.24) is 0 Å². The number of hydrogen-bond acceptors (Lipinski definition) is 4. The Morgan fingerprint density at radius 2 is 0.817 bits per heavy atom. The summed E-state index contributed by atoms with van der Waals surface area (Å²) < 4.78 is 5.15. The summed E-state index contributed by atoms with van der Waals surface area (Å²) in [6.45, 7) is 0. The van der Waals surface area contributed by atoms with Crippen molar-refractivity contribution in [2.45, 2.75) is 0 Å². The monoisotopic (exact) mass is 800 g/mol. The van der Waals surface area contributed by atoms with E-state index >= 15 is 0 Å². The van der Waals surface area contributed by atoms with Gasteiger partial charge < -0.3 is 9.80 Å². The highest BCUT2D eigenvalue weighted by molar-refractivity contribution is 7.27. The highest BCUT2D eigenvalue weighted by atomic mass is 32.1. The molecule has 0 radical (unpaired) electrons. The molecule has 4 heteroatoms. The molecule has 0 aliphatic rings. The first kappa shape index (κ1) is 34.8. The van der Waals surface area contributed by atoms with Crippen LogP contribution in [0.1, 0.15) is 0 Å². The molecule has 0 N–H and O–H groups in total. The first-order valence-electron chi connectivity index (χ1n) is 20.3. The Balaban J connectivity index is 1.18. The Morgan fingerprint density at radius 1 is 0.267 bits per heavy atom. The fraction of sp³-hybridized carbons (Fsp3) is 0. The number of rotatable bonds is 7. The van der Waals surface area contributed by atoms with Crippen LogP contribution in [0.5, 0.6) is 0 Å². The minimum atomic E-state index is 1.09. The summed E-state index contributed by atoms with van der Waals surface area (Å²) in [6.07, 6.45) is 0. The first-order valence-corrected chi connectivity index (χ1v) is 22.0. The smallest absolute Gasteiger partial charge is 0.0716 e. The zero-order valence-corrected chi connectivity index (χ0v) is 34.1. The molecule has 0 saturated carbocycles. The van der Waals surface area contributed by atoms with Crippen LogP contribution in [0.3, 0.4) is 0 Å². The maximum Gasteiger partial charge on any atom is 0.0716 e. The third kappa shape index (κ3) is 5.84. The van der Waals surface area contributed by atoms with Crippen molar-refractivity contribution in [3.05, 3.63) is 218 Å². The van der Waals surface area contributed by atoms with Crippen LogP contribution in [0, 0.1) is 0 Å². The number of thiophene rings is 2. The van der Waals surface area contributed by atoms with Gasteiger partial charge in [0.25, 0.3) is 0 Å². The number of anilines is 6. The molecule has 0 fully saturated rings. The van der Waals surface area contributed by atoms with Crippen LogP contribution >= 0.6 is 22.7 Å². The van der Waals surface area contributed by atoms with Crippen molar-refractivity contribution >= 4 is 119 Å². The van der Waals surface area contributed by atoms with Gasteiger partial charge in [-0.15, -0.1) is 22.7 Å². The summed E-state index contributed by atoms with van der Waals surface area (Å²) in [5.74, 6) is 0. The number of nitrogens with zero attached hydrogens (tertiary/aromatic N) is 2. The largest absolute Gasteiger partial charge is 0.308 e. The molecule has 12 rings (SSSR count). The van der Waals surface area contributed by atoms with E-state index in [0.717, 1.165) is 34.1 Å². The number of para-hydroxylation sites is 1. The van der Waals surface area contributed by atoms with Gasteiger partial charge in [0, 0.05) is 63.1 Å². The Bertz CT molecular complexity index is 3550. The van der Waals surface area contributed by atoms with E-state index in [0.29, 0.717) is 0 Å². The molecular weight excluding hydrogens is 765 g/mol. The molecule has 2 nitrogen and oxygen atoms in total. The topological polar surface area (TPSA) is 6.48 Å². The lowest BCUT2D eigenvalue weighted by molar-refractivity contribution is 1.24. The summed E-state index contributed by atoms with van der Waals surface area (Å²) in [5.41, 5.74) is 8.98. The van der Waals surface area contributed by atoms with Crippen LogP contribution in [0.25, 0.3) is 73.0 Å². The van der Waals surface area contributed by atoms with E-state index in [1.54, 1.807) is 0 Å². The molecule has 0 unspecified atom stereocenters. The molecule has 2 aromatic heterocycles. The van der Waals surface area contributed by atoms with Crippen LogP contribution in [-0.2, 0) is 0 Å². The lowest BCUT2D eigenvalue weighted by Crippen LogP contribution is -2.17. The van der Waals surface area contributed by atoms with Crippen molar-refractivity contribution in [2.24, 2.45) is 0 Å². The lowest BCUT2D eigenvalue weighted by Gasteiger charge is -2.33. The lowest BCUT2D eigenvalue weighted by atomic mass is 10.0. The molecule has 0 spiro atoms. The number of benzene rings is 10. The van der Waals surface area contributed by atoms with Crippen molar-refractivity contribution < 1.29 is 0 Å². The van der Waals surface area contributed by atoms with Crippen LogP contribution in [-0.4, -0.2) is 0 Å². The number of hydrogen-bond donors (Lipinski definition) is 0. The molecule has 0 amide bonds. The van der Waals surface area contributed by atoms with Gasteiger partial charge in [-0.3, -0.25) is 0 Å². The second-order valence-corrected chi connectivity index (χ2v) is 17.5. The van der Waals surface area contributed by atoms with Crippen molar-refractivity contribution in [3.63, 3.8) is 0 Å². The Hall–Kier alpha value is -7.24. The maximum absolute atomic E-state index is 2.49. The fourth-order valence-corrected chi connectivity index (χ4v) is 11.3. The van der Waals surface area contributed by atoms with E-state index in [2.05, 4.69) is 228 Å². The van der Waals surface area contributed by atoms with Gasteiger partial charge in [-0.05, 0) is 105 Å². The summed E-state index contributed by atoms with van der Waals surface area (Å²) in [6, 6.07) is 80.1. The van der Waals surface area contributed by atoms with E-state index in [9.17, 15) is 0 Å². The zero-order chi connectivity index (χ0) is 39.6. The highest BCUT2D eigenvalue weighted by Gasteiger charge is 2.25. The summed E-state index contributed by atoms with van der Waals surface area (Å²) in [5, 5.41) is 10.0. The van der Waals surface area contributed by atoms with E-state index in [-0.39, 0.29) is 0 Å². The highest BCUT2D eigenvalue weighted by Crippen LogP contribution is 2.51. The van der Waals surface area contributed by atoms with E-state index in [4.69, 9.17) is 0 Å². The molecular formula is C56H36N2S2. The molecule has 12 aromatic rings. The van der Waals surface area contributed by atoms with Crippen LogP contribution in [0.15, 0.2) is 218 Å². The van der Waals surface area contributed by atoms with Gasteiger partial charge in [-0.2, -0.15) is 0 Å². The molecule has 2 heterocycles. The average Bonchev–Trinajstić information content (AvgIpc) is 3.88. The summed E-state index contributed by atoms with van der Waals surface area (Å²) in [4.78, 5) is 4.94. The Labute approximate surface area is 356 Å². The van der Waals surface area contributed by atoms with Crippen LogP contribution in [0.2, 0.25) is 0 Å². The van der Waals surface area contributed by atoms with Gasteiger partial charge in [-0.25, -0.2) is 0 Å². The van der Waals surface area contributed by atoms with Crippen LogP contribution in [0.4, 0.5) is 34.1 Å². The Kier molecular flexibility index (Phi) is 8.25. The molecule has 0 aliphatic carbocycles. The molecule has 10 aromatic carbocycles. The minimum Gasteiger partial charge on any atom is -0.308 e. The van der Waals surface area contributed by atoms with Crippen molar-refractivity contribution in [2.75, 3.05) is 9.80 Å². The predicted octanol–water partition coefficient (Wildman–Crippen LogP) is 17.3. The standard InChI is InChI=1S/C56H36N2S2/c1-3-13-37(14-4-1)39-23-27-43(28-24-39)57(42-18-5-2-6-19-42)52-36-55-50(48-31-26-40-16-9-10-20-46(40)56(48)60-55)35-51(52)58(44-29-25-38-15-7-8-17-41(38)33-44)45-30-32-54-49(34-45)47-21-11-12-22-53(47)59-54/h1-36H. The van der Waals surface area contributed by atoms with Gasteiger partial charge in [0.2, 0.25) is 0 Å². The SMILES string of the molecule is c1ccc(-c2ccc(N(c3ccccc3)c3cc4sc5c6ccccc6ccc5c4cc3N(c3ccc4ccccc4c3)c3ccc4sc5ccccc5c4c3)cc2)cc1. The number of fused-ring (bicyclic) bond motifs is 9. The normalized spacial score (nSPS) is 11.7. The molecule has 0 atom stereocenters. The molecule has 60 heavy (non-hydrogen) atoms. The van der Waals surface area contributed by atoms with Gasteiger partial charge >= 0.3 is 0 Å². The molecule has 0 bridgehead atoms. The van der Waals surface area contributed by atoms with E-state index in [1.807, 2.05) is 22.7 Å². The third-order valence-corrected chi connectivity index (χ3v) is 14.2. The zero-order valence-electron chi connectivity index (χ0n) is 32.5. The van der Waals surface area contributed by atoms with E-state index in [1.165, 1.54) is 73.0 Å². The fourth-order valence-electron chi connectivity index (χ4n) is 8.92. The Morgan fingerprint density at radius 3 is 1.65 bits per heavy atom. The summed E-state index contributed by atoms with van der Waals surface area (Å²) >= 11 is 3.74. The first-order chi connectivity index (χ1) is 29.7. The van der Waals surface area contributed by atoms with Gasteiger partial charge in [0.15, 0.2) is 0 Å². The third-order valence-electron chi connectivity index (χ3n) is 11.8. The van der Waals surface area contributed by atoms with Crippen molar-refractivity contribution in [3.8, 4) is 11.1 Å². The summed E-state index contributed by atoms with van der Waals surface area (Å²) in [7, 11) is 0. The van der Waals surface area contributed by atoms with Gasteiger partial charge in [0.05, 0.1) is 11.4 Å². The van der Waals surface area contributed by atoms with Gasteiger partial charge in [-0.1, -0.05) is 146 Å². The maximum atomic E-state index is 2.49. The predicted molar refractivity (Wildman–Crippen MR) is 262 cm³/mol. The second-order valence-electron chi connectivity index (χ2n) is 15.3.